The maximum atomic E-state index is 12.4. The van der Waals surface area contributed by atoms with Gasteiger partial charge in [-0.1, -0.05) is 49.7 Å². The van der Waals surface area contributed by atoms with E-state index < -0.39 is 11.9 Å². The molecule has 3 aromatic carbocycles. The van der Waals surface area contributed by atoms with Gasteiger partial charge in [-0.15, -0.1) is 0 Å². The second-order valence-corrected chi connectivity index (χ2v) is 8.15. The number of ether oxygens (including phenoxy) is 2. The smallest absolute Gasteiger partial charge is 0.343 e. The van der Waals surface area contributed by atoms with E-state index in [4.69, 9.17) is 21.1 Å². The number of esters is 1. The Labute approximate surface area is 198 Å². The Kier molecular flexibility index (Phi) is 8.22. The predicted molar refractivity (Wildman–Crippen MR) is 129 cm³/mol. The number of hydrogen-bond donors (Lipinski definition) is 1. The summed E-state index contributed by atoms with van der Waals surface area (Å²) < 4.78 is 11.2. The van der Waals surface area contributed by atoms with Crippen LogP contribution in [-0.4, -0.2) is 24.7 Å². The number of nitrogens with one attached hydrogen (secondary N) is 1. The number of carbonyl (C=O) groups is 2. The summed E-state index contributed by atoms with van der Waals surface area (Å²) in [5, 5.41) is 4.50. The zero-order chi connectivity index (χ0) is 23.8. The first kappa shape index (κ1) is 24.0. The van der Waals surface area contributed by atoms with Gasteiger partial charge in [-0.2, -0.15) is 5.10 Å². The SMILES string of the molecule is Cc1ccc(C(C)C)c(OCC(=O)N/N=C\c2ccccc2OC(=O)c2ccc(Cl)cc2)c1. The molecule has 6 nitrogen and oxygen atoms in total. The van der Waals surface area contributed by atoms with Gasteiger partial charge in [-0.3, -0.25) is 4.79 Å². The van der Waals surface area contributed by atoms with Gasteiger partial charge in [0.2, 0.25) is 0 Å². The number of nitrogens with zero attached hydrogens (tertiary/aromatic N) is 1. The van der Waals surface area contributed by atoms with E-state index in [2.05, 4.69) is 24.4 Å². The Bertz CT molecular complexity index is 1160. The van der Waals surface area contributed by atoms with Crippen LogP contribution in [0, 0.1) is 6.92 Å². The Morgan fingerprint density at radius 2 is 1.76 bits per heavy atom. The van der Waals surface area contributed by atoms with Crippen LogP contribution < -0.4 is 14.9 Å². The van der Waals surface area contributed by atoms with E-state index in [0.29, 0.717) is 27.6 Å². The van der Waals surface area contributed by atoms with Crippen LogP contribution >= 0.6 is 11.6 Å². The zero-order valence-electron chi connectivity index (χ0n) is 18.7. The molecule has 7 heteroatoms. The molecule has 0 atom stereocenters. The second-order valence-electron chi connectivity index (χ2n) is 7.71. The Morgan fingerprint density at radius 3 is 2.48 bits per heavy atom. The minimum absolute atomic E-state index is 0.173. The van der Waals surface area contributed by atoms with E-state index in [9.17, 15) is 9.59 Å². The molecule has 0 saturated heterocycles. The molecule has 0 aliphatic carbocycles. The van der Waals surface area contributed by atoms with Crippen LogP contribution in [0.2, 0.25) is 5.02 Å². The first-order valence-electron chi connectivity index (χ1n) is 10.5. The predicted octanol–water partition coefficient (Wildman–Crippen LogP) is 5.52. The van der Waals surface area contributed by atoms with Gasteiger partial charge in [0.1, 0.15) is 11.5 Å². The lowest BCUT2D eigenvalue weighted by molar-refractivity contribution is -0.123. The molecule has 0 unspecified atom stereocenters. The number of hydrogen-bond acceptors (Lipinski definition) is 5. The molecule has 0 aliphatic heterocycles. The Morgan fingerprint density at radius 1 is 1.03 bits per heavy atom. The maximum absolute atomic E-state index is 12.4. The van der Waals surface area contributed by atoms with Gasteiger partial charge in [-0.05, 0) is 66.4 Å². The number of hydrazone groups is 1. The molecular formula is C26H25ClN2O4. The Hall–Kier alpha value is -3.64. The molecule has 0 fully saturated rings. The van der Waals surface area contributed by atoms with Crippen molar-refractivity contribution in [2.24, 2.45) is 5.10 Å². The van der Waals surface area contributed by atoms with E-state index in [1.54, 1.807) is 48.5 Å². The molecular weight excluding hydrogens is 440 g/mol. The van der Waals surface area contributed by atoms with Gasteiger partial charge in [0.15, 0.2) is 6.61 Å². The number of rotatable bonds is 8. The quantitative estimate of drug-likeness (QED) is 0.206. The second kappa shape index (κ2) is 11.3. The fourth-order valence-electron chi connectivity index (χ4n) is 3.02. The Balaban J connectivity index is 1.59. The van der Waals surface area contributed by atoms with Crippen LogP contribution in [0.25, 0.3) is 0 Å². The van der Waals surface area contributed by atoms with Crippen molar-refractivity contribution in [3.63, 3.8) is 0 Å². The van der Waals surface area contributed by atoms with Gasteiger partial charge >= 0.3 is 5.97 Å². The minimum atomic E-state index is -0.524. The van der Waals surface area contributed by atoms with Crippen molar-refractivity contribution in [2.75, 3.05) is 6.61 Å². The van der Waals surface area contributed by atoms with Crippen LogP contribution in [0.5, 0.6) is 11.5 Å². The van der Waals surface area contributed by atoms with Gasteiger partial charge in [0.05, 0.1) is 11.8 Å². The lowest BCUT2D eigenvalue weighted by atomic mass is 10.0. The number of benzene rings is 3. The van der Waals surface area contributed by atoms with E-state index in [1.807, 2.05) is 25.1 Å². The summed E-state index contributed by atoms with van der Waals surface area (Å²) in [6.45, 7) is 5.93. The molecule has 0 aliphatic rings. The standard InChI is InChI=1S/C26H25ClN2O4/c1-17(2)22-13-8-18(3)14-24(22)32-16-25(30)29-28-15-20-6-4-5-7-23(20)33-26(31)19-9-11-21(27)12-10-19/h4-15,17H,16H2,1-3H3,(H,29,30)/b28-15-. The molecule has 0 heterocycles. The monoisotopic (exact) mass is 464 g/mol. The summed E-state index contributed by atoms with van der Waals surface area (Å²) in [5.74, 6) is 0.340. The van der Waals surface area contributed by atoms with Crippen molar-refractivity contribution in [3.05, 3.63) is 94.0 Å². The highest BCUT2D eigenvalue weighted by molar-refractivity contribution is 6.30. The van der Waals surface area contributed by atoms with E-state index in [0.717, 1.165) is 11.1 Å². The fraction of sp³-hybridized carbons (Fsp3) is 0.192. The van der Waals surface area contributed by atoms with Gasteiger partial charge < -0.3 is 9.47 Å². The largest absolute Gasteiger partial charge is 0.483 e. The molecule has 3 rings (SSSR count). The average Bonchev–Trinajstić information content (AvgIpc) is 2.79. The normalized spacial score (nSPS) is 10.9. The minimum Gasteiger partial charge on any atom is -0.483 e. The summed E-state index contributed by atoms with van der Waals surface area (Å²) in [7, 11) is 0. The number of carbonyl (C=O) groups excluding carboxylic acids is 2. The molecule has 0 bridgehead atoms. The van der Waals surface area contributed by atoms with Crippen molar-refractivity contribution in [2.45, 2.75) is 26.7 Å². The summed E-state index contributed by atoms with van der Waals surface area (Å²) in [4.78, 5) is 24.6. The third-order valence-electron chi connectivity index (χ3n) is 4.74. The van der Waals surface area contributed by atoms with E-state index >= 15 is 0 Å². The number of aryl methyl sites for hydroxylation is 1. The summed E-state index contributed by atoms with van der Waals surface area (Å²) in [6.07, 6.45) is 1.41. The maximum Gasteiger partial charge on any atom is 0.343 e. The van der Waals surface area contributed by atoms with Gasteiger partial charge in [-0.25, -0.2) is 10.2 Å². The number of amides is 1. The third-order valence-corrected chi connectivity index (χ3v) is 5.00. The molecule has 3 aromatic rings. The molecule has 0 saturated carbocycles. The van der Waals surface area contributed by atoms with E-state index in [1.165, 1.54) is 6.21 Å². The van der Waals surface area contributed by atoms with E-state index in [-0.39, 0.29) is 12.5 Å². The third kappa shape index (κ3) is 6.92. The van der Waals surface area contributed by atoms with Crippen molar-refractivity contribution < 1.29 is 19.1 Å². The van der Waals surface area contributed by atoms with Crippen LogP contribution in [0.15, 0.2) is 71.8 Å². The van der Waals surface area contributed by atoms with Crippen molar-refractivity contribution in [1.82, 2.24) is 5.43 Å². The zero-order valence-corrected chi connectivity index (χ0v) is 19.4. The summed E-state index contributed by atoms with van der Waals surface area (Å²) in [6, 6.07) is 19.2. The molecule has 33 heavy (non-hydrogen) atoms. The molecule has 0 aromatic heterocycles. The van der Waals surface area contributed by atoms with Crippen LogP contribution in [0.4, 0.5) is 0 Å². The van der Waals surface area contributed by atoms with Gasteiger partial charge in [0.25, 0.3) is 5.91 Å². The van der Waals surface area contributed by atoms with Crippen molar-refractivity contribution in [1.29, 1.82) is 0 Å². The molecule has 0 radical (unpaired) electrons. The summed E-state index contributed by atoms with van der Waals surface area (Å²) >= 11 is 5.86. The number of halogens is 1. The summed E-state index contributed by atoms with van der Waals surface area (Å²) in [5.41, 5.74) is 5.42. The van der Waals surface area contributed by atoms with Crippen LogP contribution in [-0.2, 0) is 4.79 Å². The highest BCUT2D eigenvalue weighted by Crippen LogP contribution is 2.27. The molecule has 170 valence electrons. The fourth-order valence-corrected chi connectivity index (χ4v) is 3.14. The lowest BCUT2D eigenvalue weighted by Crippen LogP contribution is -2.25. The van der Waals surface area contributed by atoms with Crippen LogP contribution in [0.3, 0.4) is 0 Å². The van der Waals surface area contributed by atoms with Crippen molar-refractivity contribution >= 4 is 29.7 Å². The topological polar surface area (TPSA) is 77.0 Å². The number of para-hydroxylation sites is 1. The molecule has 0 spiro atoms. The molecule has 1 amide bonds. The highest BCUT2D eigenvalue weighted by Gasteiger charge is 2.12. The lowest BCUT2D eigenvalue weighted by Gasteiger charge is -2.14. The first-order chi connectivity index (χ1) is 15.8. The first-order valence-corrected chi connectivity index (χ1v) is 10.8. The molecule has 1 N–H and O–H groups in total. The highest BCUT2D eigenvalue weighted by atomic mass is 35.5. The average molecular weight is 465 g/mol. The van der Waals surface area contributed by atoms with Gasteiger partial charge in [0, 0.05) is 10.6 Å². The van der Waals surface area contributed by atoms with Crippen LogP contribution in [0.1, 0.15) is 46.8 Å². The van der Waals surface area contributed by atoms with Crippen molar-refractivity contribution in [3.8, 4) is 11.5 Å².